The standard InChI is InChI=1S/C21H26N2O3/c1-25-19-7-5-6-18(20(19)26-2)21(24)22-13-12-16-8-10-17(11-9-16)23-14-3-4-15-23/h5-11H,3-4,12-15H2,1-2H3,(H,22,24). The number of methoxy groups -OCH3 is 2. The van der Waals surface area contributed by atoms with Crippen LogP contribution in [0.3, 0.4) is 0 Å². The molecule has 1 heterocycles. The van der Waals surface area contributed by atoms with Crippen molar-refractivity contribution >= 4 is 11.6 Å². The molecule has 5 heteroatoms. The molecule has 0 atom stereocenters. The molecule has 0 aromatic heterocycles. The highest BCUT2D eigenvalue weighted by Crippen LogP contribution is 2.30. The lowest BCUT2D eigenvalue weighted by atomic mass is 10.1. The van der Waals surface area contributed by atoms with Crippen molar-refractivity contribution in [3.05, 3.63) is 53.6 Å². The summed E-state index contributed by atoms with van der Waals surface area (Å²) in [5.74, 6) is 0.856. The molecule has 0 bridgehead atoms. The number of carbonyl (C=O) groups is 1. The summed E-state index contributed by atoms with van der Waals surface area (Å²) < 4.78 is 10.6. The molecular weight excluding hydrogens is 328 g/mol. The molecule has 5 nitrogen and oxygen atoms in total. The number of hydrogen-bond acceptors (Lipinski definition) is 4. The van der Waals surface area contributed by atoms with Crippen LogP contribution < -0.4 is 19.7 Å². The minimum atomic E-state index is -0.158. The maximum atomic E-state index is 12.5. The van der Waals surface area contributed by atoms with Crippen molar-refractivity contribution in [3.8, 4) is 11.5 Å². The Hall–Kier alpha value is -2.69. The minimum absolute atomic E-state index is 0.158. The van der Waals surface area contributed by atoms with Gasteiger partial charge < -0.3 is 19.7 Å². The molecule has 0 radical (unpaired) electrons. The van der Waals surface area contributed by atoms with E-state index in [2.05, 4.69) is 34.5 Å². The molecule has 138 valence electrons. The van der Waals surface area contributed by atoms with Crippen LogP contribution in [0.5, 0.6) is 11.5 Å². The van der Waals surface area contributed by atoms with Crippen LogP contribution in [0.25, 0.3) is 0 Å². The molecule has 1 aliphatic rings. The lowest BCUT2D eigenvalue weighted by molar-refractivity contribution is 0.0950. The second kappa shape index (κ2) is 8.61. The minimum Gasteiger partial charge on any atom is -0.493 e. The van der Waals surface area contributed by atoms with E-state index in [9.17, 15) is 4.79 Å². The van der Waals surface area contributed by atoms with Crippen LogP contribution in [0.15, 0.2) is 42.5 Å². The van der Waals surface area contributed by atoms with E-state index in [1.165, 1.54) is 31.2 Å². The van der Waals surface area contributed by atoms with Gasteiger partial charge in [-0.15, -0.1) is 0 Å². The summed E-state index contributed by atoms with van der Waals surface area (Å²) in [5, 5.41) is 2.96. The summed E-state index contributed by atoms with van der Waals surface area (Å²) in [7, 11) is 3.10. The van der Waals surface area contributed by atoms with E-state index in [-0.39, 0.29) is 5.91 Å². The molecule has 1 N–H and O–H groups in total. The predicted molar refractivity (Wildman–Crippen MR) is 103 cm³/mol. The van der Waals surface area contributed by atoms with Crippen LogP contribution in [0.2, 0.25) is 0 Å². The molecule has 1 saturated heterocycles. The van der Waals surface area contributed by atoms with E-state index in [4.69, 9.17) is 9.47 Å². The number of amides is 1. The van der Waals surface area contributed by atoms with Crippen molar-refractivity contribution in [1.29, 1.82) is 0 Å². The Labute approximate surface area is 154 Å². The molecule has 1 fully saturated rings. The number of nitrogens with zero attached hydrogens (tertiary/aromatic N) is 1. The Kier molecular flexibility index (Phi) is 6.00. The summed E-state index contributed by atoms with van der Waals surface area (Å²) in [6, 6.07) is 13.9. The summed E-state index contributed by atoms with van der Waals surface area (Å²) >= 11 is 0. The normalized spacial score (nSPS) is 13.5. The first-order valence-corrected chi connectivity index (χ1v) is 9.06. The molecular formula is C21H26N2O3. The average molecular weight is 354 g/mol. The average Bonchev–Trinajstić information content (AvgIpc) is 3.22. The number of carbonyl (C=O) groups excluding carboxylic acids is 1. The second-order valence-electron chi connectivity index (χ2n) is 6.41. The van der Waals surface area contributed by atoms with E-state index in [1.807, 2.05) is 0 Å². The van der Waals surface area contributed by atoms with Gasteiger partial charge in [0.1, 0.15) is 0 Å². The summed E-state index contributed by atoms with van der Waals surface area (Å²) in [6.07, 6.45) is 3.35. The van der Waals surface area contributed by atoms with Crippen molar-refractivity contribution in [1.82, 2.24) is 5.32 Å². The van der Waals surface area contributed by atoms with E-state index >= 15 is 0 Å². The molecule has 0 saturated carbocycles. The zero-order valence-electron chi connectivity index (χ0n) is 15.5. The highest BCUT2D eigenvalue weighted by Gasteiger charge is 2.16. The largest absolute Gasteiger partial charge is 0.493 e. The van der Waals surface area contributed by atoms with Crippen molar-refractivity contribution < 1.29 is 14.3 Å². The molecule has 2 aromatic rings. The lowest BCUT2D eigenvalue weighted by Crippen LogP contribution is -2.26. The van der Waals surface area contributed by atoms with Crippen LogP contribution in [-0.4, -0.2) is 39.8 Å². The number of ether oxygens (including phenoxy) is 2. The van der Waals surface area contributed by atoms with Gasteiger partial charge in [-0.05, 0) is 49.1 Å². The fraction of sp³-hybridized carbons (Fsp3) is 0.381. The van der Waals surface area contributed by atoms with Crippen LogP contribution in [0.4, 0.5) is 5.69 Å². The lowest BCUT2D eigenvalue weighted by Gasteiger charge is -2.17. The maximum Gasteiger partial charge on any atom is 0.255 e. The van der Waals surface area contributed by atoms with Crippen LogP contribution in [0, 0.1) is 0 Å². The fourth-order valence-electron chi connectivity index (χ4n) is 3.33. The van der Waals surface area contributed by atoms with Crippen LogP contribution >= 0.6 is 0 Å². The van der Waals surface area contributed by atoms with Crippen LogP contribution in [-0.2, 0) is 6.42 Å². The highest BCUT2D eigenvalue weighted by atomic mass is 16.5. The molecule has 0 spiro atoms. The second-order valence-corrected chi connectivity index (χ2v) is 6.41. The zero-order valence-corrected chi connectivity index (χ0v) is 15.5. The first kappa shape index (κ1) is 18.1. The van der Waals surface area contributed by atoms with Gasteiger partial charge in [0.25, 0.3) is 5.91 Å². The summed E-state index contributed by atoms with van der Waals surface area (Å²) in [4.78, 5) is 14.9. The molecule has 26 heavy (non-hydrogen) atoms. The van der Waals surface area contributed by atoms with Crippen molar-refractivity contribution in [2.45, 2.75) is 19.3 Å². The fourth-order valence-corrected chi connectivity index (χ4v) is 3.33. The van der Waals surface area contributed by atoms with Gasteiger partial charge in [0.2, 0.25) is 0 Å². The number of hydrogen-bond donors (Lipinski definition) is 1. The molecule has 1 aliphatic heterocycles. The van der Waals surface area contributed by atoms with Gasteiger partial charge in [-0.1, -0.05) is 18.2 Å². The number of benzene rings is 2. The summed E-state index contributed by atoms with van der Waals surface area (Å²) in [5.41, 5.74) is 2.98. The molecule has 0 unspecified atom stereocenters. The van der Waals surface area contributed by atoms with Crippen molar-refractivity contribution in [2.75, 3.05) is 38.8 Å². The van der Waals surface area contributed by atoms with E-state index in [0.29, 0.717) is 23.6 Å². The monoisotopic (exact) mass is 354 g/mol. The van der Waals surface area contributed by atoms with Crippen LogP contribution in [0.1, 0.15) is 28.8 Å². The molecule has 1 amide bonds. The third-order valence-electron chi connectivity index (χ3n) is 4.75. The van der Waals surface area contributed by atoms with Crippen molar-refractivity contribution in [3.63, 3.8) is 0 Å². The van der Waals surface area contributed by atoms with E-state index in [0.717, 1.165) is 19.5 Å². The Balaban J connectivity index is 1.55. The Bertz CT molecular complexity index is 737. The smallest absolute Gasteiger partial charge is 0.255 e. The molecule has 3 rings (SSSR count). The van der Waals surface area contributed by atoms with E-state index in [1.54, 1.807) is 25.3 Å². The third kappa shape index (κ3) is 4.10. The third-order valence-corrected chi connectivity index (χ3v) is 4.75. The zero-order chi connectivity index (χ0) is 18.4. The van der Waals surface area contributed by atoms with Gasteiger partial charge in [0.05, 0.1) is 19.8 Å². The topological polar surface area (TPSA) is 50.8 Å². The van der Waals surface area contributed by atoms with Gasteiger partial charge in [-0.2, -0.15) is 0 Å². The highest BCUT2D eigenvalue weighted by molar-refractivity contribution is 5.97. The Morgan fingerprint density at radius 3 is 2.42 bits per heavy atom. The Morgan fingerprint density at radius 1 is 1.04 bits per heavy atom. The van der Waals surface area contributed by atoms with Gasteiger partial charge >= 0.3 is 0 Å². The van der Waals surface area contributed by atoms with Gasteiger partial charge in [0.15, 0.2) is 11.5 Å². The number of rotatable bonds is 7. The maximum absolute atomic E-state index is 12.5. The first-order chi connectivity index (χ1) is 12.7. The number of anilines is 1. The number of nitrogens with one attached hydrogen (secondary N) is 1. The van der Waals surface area contributed by atoms with E-state index < -0.39 is 0 Å². The SMILES string of the molecule is COc1cccc(C(=O)NCCc2ccc(N3CCCC3)cc2)c1OC. The first-order valence-electron chi connectivity index (χ1n) is 9.06. The molecule has 2 aromatic carbocycles. The molecule has 0 aliphatic carbocycles. The quantitative estimate of drug-likeness (QED) is 0.829. The van der Waals surface area contributed by atoms with Crippen molar-refractivity contribution in [2.24, 2.45) is 0 Å². The predicted octanol–water partition coefficient (Wildman–Crippen LogP) is 3.28. The van der Waals surface area contributed by atoms with Gasteiger partial charge in [0, 0.05) is 25.3 Å². The summed E-state index contributed by atoms with van der Waals surface area (Å²) in [6.45, 7) is 2.87. The van der Waals surface area contributed by atoms with Gasteiger partial charge in [-0.3, -0.25) is 4.79 Å². The Morgan fingerprint density at radius 2 is 1.77 bits per heavy atom. The number of para-hydroxylation sites is 1. The van der Waals surface area contributed by atoms with Gasteiger partial charge in [-0.25, -0.2) is 0 Å².